The Morgan fingerprint density at radius 1 is 0.957 bits per heavy atom. The molecule has 0 radical (unpaired) electrons. The van der Waals surface area contributed by atoms with E-state index in [1.807, 2.05) is 6.08 Å². The molecule has 4 aliphatic rings. The van der Waals surface area contributed by atoms with Crippen molar-refractivity contribution in [3.8, 4) is 11.5 Å². The minimum Gasteiger partial charge on any atom is -0.503 e. The molecular weight excluding hydrogens is 636 g/mol. The van der Waals surface area contributed by atoms with Crippen LogP contribution in [0.4, 0.5) is 10.1 Å². The van der Waals surface area contributed by atoms with Gasteiger partial charge in [-0.05, 0) is 78.4 Å². The Bertz CT molecular complexity index is 1850. The van der Waals surface area contributed by atoms with E-state index in [4.69, 9.17) is 27.9 Å². The molecule has 2 aliphatic carbocycles. The number of amides is 4. The first-order valence-corrected chi connectivity index (χ1v) is 15.5. The minimum atomic E-state index is -1.58. The van der Waals surface area contributed by atoms with Gasteiger partial charge in [0.15, 0.2) is 11.5 Å². The lowest BCUT2D eigenvalue weighted by molar-refractivity contribution is -0.140. The zero-order valence-electron chi connectivity index (χ0n) is 24.7. The van der Waals surface area contributed by atoms with E-state index >= 15 is 4.79 Å². The third-order valence-corrected chi connectivity index (χ3v) is 10.6. The van der Waals surface area contributed by atoms with Crippen LogP contribution < -0.4 is 10.2 Å². The molecule has 3 fully saturated rings. The van der Waals surface area contributed by atoms with E-state index in [9.17, 15) is 23.9 Å². The van der Waals surface area contributed by atoms with Crippen LogP contribution in [0.25, 0.3) is 0 Å². The van der Waals surface area contributed by atoms with Crippen molar-refractivity contribution in [3.63, 3.8) is 0 Å². The Kier molecular flexibility index (Phi) is 7.13. The van der Waals surface area contributed by atoms with Crippen LogP contribution in [0.5, 0.6) is 11.5 Å². The summed E-state index contributed by atoms with van der Waals surface area (Å²) in [6, 6.07) is 15.1. The number of allylic oxidation sites excluding steroid dienone is 2. The summed E-state index contributed by atoms with van der Waals surface area (Å²) in [5.74, 6) is -6.20. The van der Waals surface area contributed by atoms with Gasteiger partial charge in [-0.3, -0.25) is 29.5 Å². The van der Waals surface area contributed by atoms with Crippen LogP contribution in [-0.2, 0) is 24.6 Å². The third-order valence-electron chi connectivity index (χ3n) is 10.1. The molecule has 0 bridgehead atoms. The topological polar surface area (TPSA) is 116 Å². The van der Waals surface area contributed by atoms with Gasteiger partial charge in [0.25, 0.3) is 11.8 Å². The van der Waals surface area contributed by atoms with Gasteiger partial charge in [0.1, 0.15) is 5.82 Å². The number of likely N-dealkylation sites (tertiary alicyclic amines) is 1. The van der Waals surface area contributed by atoms with Crippen LogP contribution in [0, 0.1) is 29.5 Å². The second-order valence-corrected chi connectivity index (χ2v) is 13.0. The number of hydrogen-bond acceptors (Lipinski definition) is 7. The second-order valence-electron chi connectivity index (χ2n) is 12.2. The number of imide groups is 2. The molecule has 1 saturated carbocycles. The molecule has 2 N–H and O–H groups in total. The first kappa shape index (κ1) is 30.3. The standard InChI is InChI=1S/C34H28Cl2FN3O6/c1-39-30(42)22-12-11-21-23(27(22)32(39)44)15-24-31(43)40(38-20-9-7-19(37)8-10-20)33(45)34(24,17-3-5-18(35)6-4-17)28(21)16-13-25(36)29(41)26(14-16)46-2/h3-11,13-14,22-24,27-28,38,41H,12,15H2,1-2H3. The highest BCUT2D eigenvalue weighted by atomic mass is 35.5. The van der Waals surface area contributed by atoms with Crippen molar-refractivity contribution in [1.29, 1.82) is 0 Å². The molecule has 236 valence electrons. The van der Waals surface area contributed by atoms with Gasteiger partial charge in [-0.1, -0.05) is 47.0 Å². The number of anilines is 1. The number of nitrogens with zero attached hydrogens (tertiary/aromatic N) is 2. The first-order valence-electron chi connectivity index (χ1n) is 14.7. The van der Waals surface area contributed by atoms with Crippen molar-refractivity contribution in [3.05, 3.63) is 99.3 Å². The number of rotatable bonds is 5. The van der Waals surface area contributed by atoms with E-state index in [0.717, 1.165) is 15.5 Å². The SMILES string of the molecule is COc1cc(C2C3=CCC4C(=O)N(C)C(=O)C4C3CC3C(=O)N(Nc4ccc(F)cc4)C(=O)C32c2ccc(Cl)cc2)cc(Cl)c1O. The van der Waals surface area contributed by atoms with Crippen LogP contribution in [0.1, 0.15) is 29.9 Å². The molecule has 4 amide bonds. The zero-order chi connectivity index (χ0) is 32.7. The average molecular weight is 665 g/mol. The van der Waals surface area contributed by atoms with Crippen molar-refractivity contribution in [2.75, 3.05) is 19.6 Å². The summed E-state index contributed by atoms with van der Waals surface area (Å²) in [6.07, 6.45) is 2.29. The number of methoxy groups -OCH3 is 1. The normalized spacial score (nSPS) is 28.5. The number of phenolic OH excluding ortho intramolecular Hbond substituents is 1. The number of phenols is 1. The van der Waals surface area contributed by atoms with Gasteiger partial charge >= 0.3 is 0 Å². The van der Waals surface area contributed by atoms with Crippen molar-refractivity contribution >= 4 is 52.5 Å². The number of fused-ring (bicyclic) bond motifs is 4. The van der Waals surface area contributed by atoms with Gasteiger partial charge < -0.3 is 9.84 Å². The Hall–Kier alpha value is -4.41. The fraction of sp³-hybridized carbons (Fsp3) is 0.294. The maximum Gasteiger partial charge on any atom is 0.260 e. The van der Waals surface area contributed by atoms with Crippen LogP contribution in [-0.4, -0.2) is 52.8 Å². The average Bonchev–Trinajstić information content (AvgIpc) is 3.40. The molecule has 46 heavy (non-hydrogen) atoms. The number of nitrogens with one attached hydrogen (secondary N) is 1. The fourth-order valence-electron chi connectivity index (χ4n) is 8.10. The third kappa shape index (κ3) is 4.19. The quantitative estimate of drug-likeness (QED) is 0.275. The van der Waals surface area contributed by atoms with Gasteiger partial charge in [-0.15, -0.1) is 0 Å². The second kappa shape index (κ2) is 10.8. The van der Waals surface area contributed by atoms with Gasteiger partial charge in [0, 0.05) is 18.0 Å². The van der Waals surface area contributed by atoms with Gasteiger partial charge in [0.05, 0.1) is 41.0 Å². The molecule has 6 unspecified atom stereocenters. The summed E-state index contributed by atoms with van der Waals surface area (Å²) < 4.78 is 19.2. The van der Waals surface area contributed by atoms with Gasteiger partial charge in [-0.2, -0.15) is 5.01 Å². The highest BCUT2D eigenvalue weighted by Gasteiger charge is 2.70. The van der Waals surface area contributed by atoms with E-state index in [0.29, 0.717) is 21.8 Å². The lowest BCUT2D eigenvalue weighted by Crippen LogP contribution is -2.53. The van der Waals surface area contributed by atoms with E-state index < -0.39 is 52.6 Å². The summed E-state index contributed by atoms with van der Waals surface area (Å²) in [4.78, 5) is 57.4. The molecule has 2 heterocycles. The molecule has 9 nitrogen and oxygen atoms in total. The Labute approximate surface area is 273 Å². The minimum absolute atomic E-state index is 0.0292. The number of carbonyl (C=O) groups excluding carboxylic acids is 4. The molecule has 6 atom stereocenters. The van der Waals surface area contributed by atoms with Crippen molar-refractivity contribution in [2.24, 2.45) is 23.7 Å². The lowest BCUT2D eigenvalue weighted by atomic mass is 9.49. The monoisotopic (exact) mass is 663 g/mol. The van der Waals surface area contributed by atoms with E-state index in [1.165, 1.54) is 44.5 Å². The molecule has 2 saturated heterocycles. The highest BCUT2D eigenvalue weighted by Crippen LogP contribution is 2.64. The number of halogens is 3. The molecule has 3 aromatic carbocycles. The number of ether oxygens (including phenoxy) is 1. The largest absolute Gasteiger partial charge is 0.503 e. The smallest absolute Gasteiger partial charge is 0.260 e. The van der Waals surface area contributed by atoms with Crippen molar-refractivity contribution in [1.82, 2.24) is 9.91 Å². The molecule has 7 rings (SSSR count). The summed E-state index contributed by atoms with van der Waals surface area (Å²) in [7, 11) is 2.84. The lowest BCUT2D eigenvalue weighted by Gasteiger charge is -2.50. The molecule has 0 aromatic heterocycles. The zero-order valence-corrected chi connectivity index (χ0v) is 26.2. The molecule has 3 aromatic rings. The molecular formula is C34H28Cl2FN3O6. The predicted octanol–water partition coefficient (Wildman–Crippen LogP) is 5.46. The molecule has 12 heteroatoms. The van der Waals surface area contributed by atoms with Crippen LogP contribution in [0.15, 0.2) is 72.3 Å². The van der Waals surface area contributed by atoms with Crippen LogP contribution in [0.2, 0.25) is 10.0 Å². The van der Waals surface area contributed by atoms with E-state index in [-0.39, 0.29) is 41.2 Å². The van der Waals surface area contributed by atoms with Crippen molar-refractivity contribution < 1.29 is 33.4 Å². The van der Waals surface area contributed by atoms with Crippen molar-refractivity contribution in [2.45, 2.75) is 24.2 Å². The number of hydrazine groups is 1. The van der Waals surface area contributed by atoms with Gasteiger partial charge in [-0.25, -0.2) is 4.39 Å². The van der Waals surface area contributed by atoms with Crippen LogP contribution in [0.3, 0.4) is 0 Å². The first-order chi connectivity index (χ1) is 22.0. The highest BCUT2D eigenvalue weighted by molar-refractivity contribution is 6.32. The van der Waals surface area contributed by atoms with E-state index in [2.05, 4.69) is 5.43 Å². The van der Waals surface area contributed by atoms with Gasteiger partial charge in [0.2, 0.25) is 11.8 Å². The molecule has 0 spiro atoms. The number of aromatic hydroxyl groups is 1. The van der Waals surface area contributed by atoms with E-state index in [1.54, 1.807) is 30.3 Å². The Morgan fingerprint density at radius 3 is 2.33 bits per heavy atom. The fourth-order valence-corrected chi connectivity index (χ4v) is 8.45. The maximum absolute atomic E-state index is 15.1. The summed E-state index contributed by atoms with van der Waals surface area (Å²) in [6.45, 7) is 0. The van der Waals surface area contributed by atoms with Crippen LogP contribution >= 0.6 is 23.2 Å². The number of carbonyl (C=O) groups is 4. The number of hydrogen-bond donors (Lipinski definition) is 2. The predicted molar refractivity (Wildman–Crippen MR) is 166 cm³/mol. The summed E-state index contributed by atoms with van der Waals surface area (Å²) >= 11 is 12.8. The summed E-state index contributed by atoms with van der Waals surface area (Å²) in [5.41, 5.74) is 3.33. The maximum atomic E-state index is 15.1. The Morgan fingerprint density at radius 2 is 1.65 bits per heavy atom. The number of benzene rings is 3. The summed E-state index contributed by atoms with van der Waals surface area (Å²) in [5, 5.41) is 12.0. The molecule has 2 aliphatic heterocycles. The Balaban J connectivity index is 1.50.